The second kappa shape index (κ2) is 4.24. The van der Waals surface area contributed by atoms with Gasteiger partial charge in [0.05, 0.1) is 12.8 Å². The Balaban J connectivity index is 2.21. The number of methoxy groups -OCH3 is 1. The van der Waals surface area contributed by atoms with Gasteiger partial charge >= 0.3 is 5.97 Å². The summed E-state index contributed by atoms with van der Waals surface area (Å²) in [6.45, 7) is 0. The van der Waals surface area contributed by atoms with Gasteiger partial charge in [0.2, 0.25) is 5.91 Å². The summed E-state index contributed by atoms with van der Waals surface area (Å²) in [5, 5.41) is 0. The van der Waals surface area contributed by atoms with Crippen LogP contribution in [0.15, 0.2) is 18.5 Å². The monoisotopic (exact) mass is 236 g/mol. The molecule has 0 unspecified atom stereocenters. The lowest BCUT2D eigenvalue weighted by Crippen LogP contribution is -2.52. The molecule has 1 aromatic rings. The number of carbonyl (C=O) groups is 2. The maximum atomic E-state index is 12.4. The van der Waals surface area contributed by atoms with Gasteiger partial charge in [-0.2, -0.15) is 0 Å². The number of hydrogen-bond acceptors (Lipinski definition) is 3. The average molecular weight is 236 g/mol. The Labute approximate surface area is 99.8 Å². The summed E-state index contributed by atoms with van der Waals surface area (Å²) in [4.78, 5) is 28.5. The smallest absolute Gasteiger partial charge is 0.321 e. The number of rotatable bonds is 3. The number of aromatic amines is 1. The van der Waals surface area contributed by atoms with Crippen molar-refractivity contribution in [2.75, 3.05) is 19.1 Å². The van der Waals surface area contributed by atoms with Crippen LogP contribution in [0.3, 0.4) is 0 Å². The summed E-state index contributed by atoms with van der Waals surface area (Å²) in [6.07, 6.45) is 5.51. The van der Waals surface area contributed by atoms with Crippen LogP contribution < -0.4 is 4.90 Å². The zero-order valence-corrected chi connectivity index (χ0v) is 10.0. The first-order valence-corrected chi connectivity index (χ1v) is 5.61. The fraction of sp³-hybridized carbons (Fsp3) is 0.500. The number of carbonyl (C=O) groups excluding carboxylic acids is 2. The highest BCUT2D eigenvalue weighted by atomic mass is 16.5. The average Bonchev–Trinajstić information content (AvgIpc) is 2.79. The van der Waals surface area contributed by atoms with E-state index in [1.807, 2.05) is 0 Å². The molecule has 17 heavy (non-hydrogen) atoms. The van der Waals surface area contributed by atoms with Crippen molar-refractivity contribution < 1.29 is 14.3 Å². The van der Waals surface area contributed by atoms with Crippen molar-refractivity contribution in [2.45, 2.75) is 19.3 Å². The lowest BCUT2D eigenvalue weighted by atomic mass is 9.67. The van der Waals surface area contributed by atoms with Crippen LogP contribution in [0.4, 0.5) is 5.69 Å². The molecular weight excluding hydrogens is 220 g/mol. The van der Waals surface area contributed by atoms with Crippen molar-refractivity contribution in [3.8, 4) is 0 Å². The van der Waals surface area contributed by atoms with Gasteiger partial charge in [0.1, 0.15) is 5.41 Å². The number of hydrogen-bond donors (Lipinski definition) is 1. The van der Waals surface area contributed by atoms with Gasteiger partial charge in [-0.25, -0.2) is 0 Å². The Morgan fingerprint density at radius 3 is 2.59 bits per heavy atom. The molecule has 1 amide bonds. The number of aromatic nitrogens is 1. The lowest BCUT2D eigenvalue weighted by molar-refractivity contribution is -0.163. The fourth-order valence-electron chi connectivity index (χ4n) is 2.19. The fourth-order valence-corrected chi connectivity index (χ4v) is 2.19. The van der Waals surface area contributed by atoms with Gasteiger partial charge in [-0.15, -0.1) is 0 Å². The zero-order chi connectivity index (χ0) is 12.5. The molecule has 0 radical (unpaired) electrons. The first-order chi connectivity index (χ1) is 8.12. The van der Waals surface area contributed by atoms with E-state index in [0.29, 0.717) is 12.8 Å². The second-order valence-electron chi connectivity index (χ2n) is 4.36. The number of anilines is 1. The van der Waals surface area contributed by atoms with E-state index < -0.39 is 11.4 Å². The number of esters is 1. The topological polar surface area (TPSA) is 62.4 Å². The predicted molar refractivity (Wildman–Crippen MR) is 62.5 cm³/mol. The van der Waals surface area contributed by atoms with Crippen LogP contribution in [-0.4, -0.2) is 31.0 Å². The van der Waals surface area contributed by atoms with Gasteiger partial charge in [0.15, 0.2) is 0 Å². The molecule has 0 bridgehead atoms. The molecule has 1 N–H and O–H groups in total. The largest absolute Gasteiger partial charge is 0.468 e. The van der Waals surface area contributed by atoms with Crippen molar-refractivity contribution in [2.24, 2.45) is 5.41 Å². The maximum Gasteiger partial charge on any atom is 0.321 e. The van der Waals surface area contributed by atoms with Crippen LogP contribution in [0.2, 0.25) is 0 Å². The molecule has 1 aliphatic rings. The summed E-state index contributed by atoms with van der Waals surface area (Å²) in [6, 6.07) is 1.79. The van der Waals surface area contributed by atoms with Crippen molar-refractivity contribution >= 4 is 17.6 Å². The minimum absolute atomic E-state index is 0.185. The maximum absolute atomic E-state index is 12.4. The molecule has 0 aliphatic heterocycles. The third-order valence-corrected chi connectivity index (χ3v) is 3.47. The number of nitrogens with one attached hydrogen (secondary N) is 1. The normalized spacial score (nSPS) is 17.1. The zero-order valence-electron chi connectivity index (χ0n) is 10.0. The van der Waals surface area contributed by atoms with E-state index in [9.17, 15) is 9.59 Å². The van der Waals surface area contributed by atoms with E-state index in [2.05, 4.69) is 4.98 Å². The standard InChI is InChI=1S/C12H16N2O3/c1-14(9-4-7-13-8-9)10(15)12(5-3-6-12)11(16)17-2/h4,7-8,13H,3,5-6H2,1-2H3. The van der Waals surface area contributed by atoms with Gasteiger partial charge in [-0.3, -0.25) is 9.59 Å². The summed E-state index contributed by atoms with van der Waals surface area (Å²) >= 11 is 0. The molecule has 5 nitrogen and oxygen atoms in total. The molecule has 0 spiro atoms. The molecule has 0 saturated heterocycles. The Hall–Kier alpha value is -1.78. The first-order valence-electron chi connectivity index (χ1n) is 5.61. The molecule has 1 saturated carbocycles. The Morgan fingerprint density at radius 2 is 2.18 bits per heavy atom. The van der Waals surface area contributed by atoms with Crippen LogP contribution in [0.25, 0.3) is 0 Å². The molecule has 92 valence electrons. The van der Waals surface area contributed by atoms with Gasteiger partial charge in [0.25, 0.3) is 0 Å². The van der Waals surface area contributed by atoms with Crippen molar-refractivity contribution in [3.63, 3.8) is 0 Å². The van der Waals surface area contributed by atoms with Crippen LogP contribution in [0.5, 0.6) is 0 Å². The number of amides is 1. The third kappa shape index (κ3) is 1.71. The number of H-pyrrole nitrogens is 1. The Kier molecular flexibility index (Phi) is 2.92. The highest BCUT2D eigenvalue weighted by molar-refractivity contribution is 6.10. The van der Waals surface area contributed by atoms with Crippen molar-refractivity contribution in [1.82, 2.24) is 4.98 Å². The molecule has 1 fully saturated rings. The highest BCUT2D eigenvalue weighted by Gasteiger charge is 2.53. The van der Waals surface area contributed by atoms with E-state index in [1.54, 1.807) is 25.5 Å². The Morgan fingerprint density at radius 1 is 1.47 bits per heavy atom. The first kappa shape index (κ1) is 11.7. The van der Waals surface area contributed by atoms with E-state index >= 15 is 0 Å². The van der Waals surface area contributed by atoms with Gasteiger partial charge in [-0.05, 0) is 18.9 Å². The predicted octanol–water partition coefficient (Wildman–Crippen LogP) is 1.32. The van der Waals surface area contributed by atoms with E-state index in [4.69, 9.17) is 4.74 Å². The minimum Gasteiger partial charge on any atom is -0.468 e. The summed E-state index contributed by atoms with van der Waals surface area (Å²) in [7, 11) is 3.00. The van der Waals surface area contributed by atoms with Crippen LogP contribution in [-0.2, 0) is 14.3 Å². The Bertz CT molecular complexity index is 421. The molecule has 0 atom stereocenters. The second-order valence-corrected chi connectivity index (χ2v) is 4.36. The number of nitrogens with zero attached hydrogens (tertiary/aromatic N) is 1. The van der Waals surface area contributed by atoms with Gasteiger partial charge in [0, 0.05) is 19.4 Å². The van der Waals surface area contributed by atoms with E-state index in [-0.39, 0.29) is 5.91 Å². The third-order valence-electron chi connectivity index (χ3n) is 3.47. The molecule has 0 aromatic carbocycles. The van der Waals surface area contributed by atoms with Crippen molar-refractivity contribution in [3.05, 3.63) is 18.5 Å². The van der Waals surface area contributed by atoms with Gasteiger partial charge in [-0.1, -0.05) is 6.42 Å². The van der Waals surface area contributed by atoms with Crippen LogP contribution >= 0.6 is 0 Å². The lowest BCUT2D eigenvalue weighted by Gasteiger charge is -2.39. The van der Waals surface area contributed by atoms with Crippen molar-refractivity contribution in [1.29, 1.82) is 0 Å². The minimum atomic E-state index is -0.958. The quantitative estimate of drug-likeness (QED) is 0.636. The van der Waals surface area contributed by atoms with Crippen LogP contribution in [0.1, 0.15) is 19.3 Å². The summed E-state index contributed by atoms with van der Waals surface area (Å²) in [5.74, 6) is -0.605. The summed E-state index contributed by atoms with van der Waals surface area (Å²) in [5.41, 5.74) is -0.203. The van der Waals surface area contributed by atoms with Gasteiger partial charge < -0.3 is 14.6 Å². The van der Waals surface area contributed by atoms with E-state index in [1.165, 1.54) is 12.0 Å². The molecule has 1 aliphatic carbocycles. The molecule has 1 heterocycles. The van der Waals surface area contributed by atoms with E-state index in [0.717, 1.165) is 12.1 Å². The molecule has 2 rings (SSSR count). The molecular formula is C12H16N2O3. The van der Waals surface area contributed by atoms with Crippen LogP contribution in [0, 0.1) is 5.41 Å². The SMILES string of the molecule is COC(=O)C1(C(=O)N(C)c2cc[nH]c2)CCC1. The molecule has 5 heteroatoms. The summed E-state index contributed by atoms with van der Waals surface area (Å²) < 4.78 is 4.75. The molecule has 1 aromatic heterocycles. The highest BCUT2D eigenvalue weighted by Crippen LogP contribution is 2.44. The number of ether oxygens (including phenoxy) is 1.